The lowest BCUT2D eigenvalue weighted by Gasteiger charge is -2.44. The second-order valence-electron chi connectivity index (χ2n) is 6.92. The Labute approximate surface area is 191 Å². The number of para-hydroxylation sites is 1. The van der Waals surface area contributed by atoms with E-state index < -0.39 is 11.7 Å². The fourth-order valence-corrected chi connectivity index (χ4v) is 4.68. The summed E-state index contributed by atoms with van der Waals surface area (Å²) in [5.74, 6) is -0.267. The molecule has 2 atom stereocenters. The van der Waals surface area contributed by atoms with E-state index in [-0.39, 0.29) is 5.91 Å². The summed E-state index contributed by atoms with van der Waals surface area (Å²) in [6, 6.07) is 22.8. The van der Waals surface area contributed by atoms with Gasteiger partial charge in [0.15, 0.2) is 11.7 Å². The van der Waals surface area contributed by atoms with Crippen LogP contribution in [0, 0.1) is 3.57 Å². The highest BCUT2D eigenvalue weighted by atomic mass is 127. The van der Waals surface area contributed by atoms with Gasteiger partial charge in [-0.2, -0.15) is 0 Å². The first-order valence-electron chi connectivity index (χ1n) is 9.12. The molecule has 0 radical (unpaired) electrons. The number of carbonyl (C=O) groups excluding carboxylic acids is 1. The molecule has 4 rings (SSSR count). The van der Waals surface area contributed by atoms with Gasteiger partial charge in [-0.3, -0.25) is 4.79 Å². The van der Waals surface area contributed by atoms with Crippen molar-refractivity contribution in [2.24, 2.45) is 0 Å². The third-order valence-corrected chi connectivity index (χ3v) is 6.86. The maximum Gasteiger partial charge on any atom is 0.260 e. The van der Waals surface area contributed by atoms with Crippen molar-refractivity contribution < 1.29 is 14.6 Å². The van der Waals surface area contributed by atoms with Crippen LogP contribution < -0.4 is 4.90 Å². The molecule has 3 aromatic carbocycles. The van der Waals surface area contributed by atoms with E-state index in [9.17, 15) is 9.90 Å². The molecule has 1 heterocycles. The number of benzene rings is 3. The van der Waals surface area contributed by atoms with Gasteiger partial charge >= 0.3 is 0 Å². The largest absolute Gasteiger partial charge is 0.377 e. The Kier molecular flexibility index (Phi) is 5.79. The number of amides is 1. The number of nitrogens with zero attached hydrogens (tertiary/aromatic N) is 1. The van der Waals surface area contributed by atoms with Gasteiger partial charge in [-0.1, -0.05) is 64.5 Å². The molecule has 29 heavy (non-hydrogen) atoms. The first-order chi connectivity index (χ1) is 14.0. The van der Waals surface area contributed by atoms with Crippen LogP contribution in [0.15, 0.2) is 77.3 Å². The van der Waals surface area contributed by atoms with Crippen molar-refractivity contribution in [3.63, 3.8) is 0 Å². The van der Waals surface area contributed by atoms with Gasteiger partial charge < -0.3 is 14.7 Å². The lowest BCUT2D eigenvalue weighted by atomic mass is 9.77. The van der Waals surface area contributed by atoms with Crippen LogP contribution >= 0.6 is 38.5 Å². The van der Waals surface area contributed by atoms with Crippen molar-refractivity contribution in [1.82, 2.24) is 0 Å². The third-order valence-electron chi connectivity index (χ3n) is 5.28. The van der Waals surface area contributed by atoms with Crippen LogP contribution in [0.2, 0.25) is 0 Å². The molecule has 6 heteroatoms. The van der Waals surface area contributed by atoms with E-state index in [1.807, 2.05) is 72.8 Å². The smallest absolute Gasteiger partial charge is 0.260 e. The van der Waals surface area contributed by atoms with Crippen molar-refractivity contribution in [2.75, 3.05) is 12.0 Å². The van der Waals surface area contributed by atoms with Gasteiger partial charge in [0.1, 0.15) is 0 Å². The predicted molar refractivity (Wildman–Crippen MR) is 125 cm³/mol. The second kappa shape index (κ2) is 8.18. The lowest BCUT2D eigenvalue weighted by Crippen LogP contribution is -2.57. The molecule has 0 saturated carbocycles. The van der Waals surface area contributed by atoms with E-state index in [1.54, 1.807) is 4.90 Å². The summed E-state index contributed by atoms with van der Waals surface area (Å²) in [4.78, 5) is 15.2. The first kappa shape index (κ1) is 20.5. The number of rotatable bonds is 4. The van der Waals surface area contributed by atoms with Crippen molar-refractivity contribution in [3.05, 3.63) is 97.5 Å². The molecular weight excluding hydrogens is 545 g/mol. The molecule has 0 saturated heterocycles. The average Bonchev–Trinajstić information content (AvgIpc) is 2.73. The molecule has 148 valence electrons. The predicted octanol–water partition coefficient (Wildman–Crippen LogP) is 4.85. The summed E-state index contributed by atoms with van der Waals surface area (Å²) in [5.41, 5.74) is 1.42. The van der Waals surface area contributed by atoms with Crippen molar-refractivity contribution >= 4 is 50.1 Å². The zero-order valence-corrected chi connectivity index (χ0v) is 19.4. The summed E-state index contributed by atoms with van der Waals surface area (Å²) < 4.78 is 7.58. The maximum absolute atomic E-state index is 13.5. The Morgan fingerprint density at radius 1 is 1.07 bits per heavy atom. The van der Waals surface area contributed by atoms with E-state index >= 15 is 0 Å². The summed E-state index contributed by atoms with van der Waals surface area (Å²) in [6.45, 7) is 0.408. The highest BCUT2D eigenvalue weighted by Crippen LogP contribution is 2.45. The zero-order valence-electron chi connectivity index (χ0n) is 15.7. The highest BCUT2D eigenvalue weighted by Gasteiger charge is 2.52. The molecule has 2 unspecified atom stereocenters. The molecular formula is C23H19BrINO3. The third kappa shape index (κ3) is 3.52. The van der Waals surface area contributed by atoms with Crippen molar-refractivity contribution in [2.45, 2.75) is 18.2 Å². The van der Waals surface area contributed by atoms with Gasteiger partial charge in [-0.15, -0.1) is 0 Å². The number of fused-ring (bicyclic) bond motifs is 1. The van der Waals surface area contributed by atoms with Gasteiger partial charge in [0.05, 0.1) is 12.2 Å². The fraction of sp³-hybridized carbons (Fsp3) is 0.174. The summed E-state index contributed by atoms with van der Waals surface area (Å²) in [7, 11) is 1.46. The molecule has 0 aromatic heterocycles. The van der Waals surface area contributed by atoms with Crippen molar-refractivity contribution in [3.8, 4) is 0 Å². The van der Waals surface area contributed by atoms with Crippen LogP contribution in [0.1, 0.15) is 16.7 Å². The van der Waals surface area contributed by atoms with Crippen LogP contribution in [0.25, 0.3) is 0 Å². The number of methoxy groups -OCH3 is 1. The zero-order chi connectivity index (χ0) is 20.6. The van der Waals surface area contributed by atoms with Gasteiger partial charge in [0.25, 0.3) is 5.91 Å². The minimum Gasteiger partial charge on any atom is -0.377 e. The van der Waals surface area contributed by atoms with Crippen LogP contribution in [-0.2, 0) is 21.7 Å². The molecule has 1 N–H and O–H groups in total. The number of hydrogen-bond acceptors (Lipinski definition) is 3. The van der Waals surface area contributed by atoms with E-state index in [4.69, 9.17) is 4.74 Å². The molecule has 0 spiro atoms. The summed E-state index contributed by atoms with van der Waals surface area (Å²) in [6.07, 6.45) is -1.06. The van der Waals surface area contributed by atoms with Crippen LogP contribution in [0.3, 0.4) is 0 Å². The quantitative estimate of drug-likeness (QED) is 0.462. The molecule has 3 aromatic rings. The van der Waals surface area contributed by atoms with Gasteiger partial charge in [-0.05, 0) is 58.0 Å². The van der Waals surface area contributed by atoms with Gasteiger partial charge in [0, 0.05) is 20.7 Å². The van der Waals surface area contributed by atoms with E-state index in [1.165, 1.54) is 7.11 Å². The SMILES string of the molecule is COC1C(=O)N(Cc2ccccc2I)c2ccccc2C1(O)c1ccc(Br)cc1. The molecule has 1 amide bonds. The Balaban J connectivity index is 1.88. The number of aliphatic hydroxyl groups is 1. The Hall–Kier alpha value is -1.74. The number of halogens is 2. The standard InChI is InChI=1S/C23H19BrINO3/c1-29-21-22(27)26(14-15-6-2-4-8-19(15)25)20-9-5-3-7-18(20)23(21,28)16-10-12-17(24)13-11-16/h2-13,21,28H,14H2,1H3. The van der Waals surface area contributed by atoms with Crippen LogP contribution in [0.5, 0.6) is 0 Å². The van der Waals surface area contributed by atoms with E-state index in [2.05, 4.69) is 38.5 Å². The minimum atomic E-state index is -1.58. The minimum absolute atomic E-state index is 0.267. The van der Waals surface area contributed by atoms with E-state index in [0.717, 1.165) is 13.6 Å². The molecule has 1 aliphatic heterocycles. The Bertz CT molecular complexity index is 1060. The topological polar surface area (TPSA) is 49.8 Å². The number of ether oxygens (including phenoxy) is 1. The first-order valence-corrected chi connectivity index (χ1v) is 11.0. The molecule has 1 aliphatic rings. The normalized spacial score (nSPS) is 21.2. The summed E-state index contributed by atoms with van der Waals surface area (Å²) >= 11 is 5.70. The highest BCUT2D eigenvalue weighted by molar-refractivity contribution is 14.1. The molecule has 0 aliphatic carbocycles. The molecule has 4 nitrogen and oxygen atoms in total. The molecule has 0 fully saturated rings. The fourth-order valence-electron chi connectivity index (χ4n) is 3.85. The lowest BCUT2D eigenvalue weighted by molar-refractivity contribution is -0.145. The van der Waals surface area contributed by atoms with Gasteiger partial charge in [0.2, 0.25) is 0 Å². The van der Waals surface area contributed by atoms with Gasteiger partial charge in [-0.25, -0.2) is 0 Å². The average molecular weight is 564 g/mol. The monoisotopic (exact) mass is 563 g/mol. The number of carbonyl (C=O) groups is 1. The summed E-state index contributed by atoms with van der Waals surface area (Å²) in [5, 5.41) is 11.9. The Morgan fingerprint density at radius 3 is 2.41 bits per heavy atom. The number of anilines is 1. The van der Waals surface area contributed by atoms with Crippen LogP contribution in [0.4, 0.5) is 5.69 Å². The number of hydrogen-bond donors (Lipinski definition) is 1. The van der Waals surface area contributed by atoms with Crippen molar-refractivity contribution in [1.29, 1.82) is 0 Å². The Morgan fingerprint density at radius 2 is 1.72 bits per heavy atom. The second-order valence-corrected chi connectivity index (χ2v) is 9.00. The van der Waals surface area contributed by atoms with Crippen LogP contribution in [-0.4, -0.2) is 24.2 Å². The maximum atomic E-state index is 13.5. The molecule has 0 bridgehead atoms. The van der Waals surface area contributed by atoms with E-state index in [0.29, 0.717) is 23.4 Å².